The summed E-state index contributed by atoms with van der Waals surface area (Å²) in [6, 6.07) is 61.5. The predicted octanol–water partition coefficient (Wildman–Crippen LogP) is 10.9. The Bertz CT molecular complexity index is 2280. The fourth-order valence-electron chi connectivity index (χ4n) is 7.61. The molecule has 0 fully saturated rings. The Balaban J connectivity index is 1.15. The van der Waals surface area contributed by atoms with Gasteiger partial charge in [0.25, 0.3) is 0 Å². The zero-order valence-electron chi connectivity index (χ0n) is 25.4. The van der Waals surface area contributed by atoms with E-state index < -0.39 is 0 Å². The molecular formula is C45H31N. The van der Waals surface area contributed by atoms with Crippen LogP contribution >= 0.6 is 0 Å². The van der Waals surface area contributed by atoms with Crippen molar-refractivity contribution in [3.63, 3.8) is 0 Å². The van der Waals surface area contributed by atoms with Crippen LogP contribution in [0.4, 0.5) is 0 Å². The molecule has 0 N–H and O–H groups in total. The van der Waals surface area contributed by atoms with Crippen molar-refractivity contribution in [2.75, 3.05) is 0 Å². The van der Waals surface area contributed by atoms with Gasteiger partial charge in [0.15, 0.2) is 0 Å². The number of fused-ring (bicyclic) bond motifs is 8. The maximum atomic E-state index is 5.40. The molecule has 0 atom stereocenters. The Morgan fingerprint density at radius 3 is 1.70 bits per heavy atom. The molecule has 0 aliphatic heterocycles. The van der Waals surface area contributed by atoms with Crippen LogP contribution < -0.4 is 0 Å². The predicted molar refractivity (Wildman–Crippen MR) is 192 cm³/mol. The Labute approximate surface area is 269 Å². The lowest BCUT2D eigenvalue weighted by Crippen LogP contribution is -2.22. The van der Waals surface area contributed by atoms with E-state index in [2.05, 4.69) is 176 Å². The number of allylic oxidation sites excluding steroid dienone is 2. The number of aliphatic imine (C=N–C) groups is 1. The van der Waals surface area contributed by atoms with Crippen molar-refractivity contribution in [1.29, 1.82) is 0 Å². The quantitative estimate of drug-likeness (QED) is 0.178. The Hall–Kier alpha value is -5.79. The fourth-order valence-corrected chi connectivity index (χ4v) is 7.61. The molecule has 2 aliphatic carbocycles. The van der Waals surface area contributed by atoms with Crippen molar-refractivity contribution in [2.45, 2.75) is 12.0 Å². The molecule has 0 bridgehead atoms. The molecule has 1 spiro atoms. The van der Waals surface area contributed by atoms with E-state index in [0.717, 1.165) is 11.3 Å². The van der Waals surface area contributed by atoms with Gasteiger partial charge >= 0.3 is 0 Å². The summed E-state index contributed by atoms with van der Waals surface area (Å²) in [6.45, 7) is 0.599. The highest BCUT2D eigenvalue weighted by Crippen LogP contribution is 2.58. The number of hydrogen-bond acceptors (Lipinski definition) is 1. The number of benzene rings is 7. The molecule has 0 heterocycles. The summed E-state index contributed by atoms with van der Waals surface area (Å²) in [4.78, 5) is 5.40. The van der Waals surface area contributed by atoms with Crippen molar-refractivity contribution in [1.82, 2.24) is 0 Å². The van der Waals surface area contributed by atoms with Crippen molar-refractivity contribution in [2.24, 2.45) is 4.99 Å². The monoisotopic (exact) mass is 585 g/mol. The zero-order valence-corrected chi connectivity index (χ0v) is 25.4. The second-order valence-corrected chi connectivity index (χ2v) is 12.3. The van der Waals surface area contributed by atoms with Gasteiger partial charge in [-0.3, -0.25) is 4.99 Å². The molecule has 9 rings (SSSR count). The topological polar surface area (TPSA) is 12.4 Å². The fraction of sp³-hybridized carbons (Fsp3) is 0.0444. The van der Waals surface area contributed by atoms with E-state index in [9.17, 15) is 0 Å². The lowest BCUT2D eigenvalue weighted by Gasteiger charge is -2.27. The summed E-state index contributed by atoms with van der Waals surface area (Å²) in [6.07, 6.45) is 2.50. The summed E-state index contributed by atoms with van der Waals surface area (Å²) >= 11 is 0. The van der Waals surface area contributed by atoms with E-state index >= 15 is 0 Å². The van der Waals surface area contributed by atoms with Gasteiger partial charge in [0.05, 0.1) is 17.7 Å². The molecule has 1 heteroatoms. The van der Waals surface area contributed by atoms with Gasteiger partial charge in [-0.2, -0.15) is 0 Å². The van der Waals surface area contributed by atoms with Crippen molar-refractivity contribution in [3.8, 4) is 22.3 Å². The highest BCUT2D eigenvalue weighted by atomic mass is 14.7. The lowest BCUT2D eigenvalue weighted by atomic mass is 9.74. The summed E-state index contributed by atoms with van der Waals surface area (Å²) in [7, 11) is 0. The third-order valence-corrected chi connectivity index (χ3v) is 9.76. The minimum Gasteiger partial charge on any atom is -0.279 e. The molecule has 0 aromatic heterocycles. The van der Waals surface area contributed by atoms with Crippen molar-refractivity contribution in [3.05, 3.63) is 209 Å². The first-order chi connectivity index (χ1) is 22.8. The van der Waals surface area contributed by atoms with Gasteiger partial charge in [0.1, 0.15) is 0 Å². The molecule has 1 nitrogen and oxygen atoms in total. The molecule has 0 radical (unpaired) electrons. The summed E-state index contributed by atoms with van der Waals surface area (Å²) in [5, 5.41) is 2.52. The van der Waals surface area contributed by atoms with Crippen LogP contribution in [-0.4, -0.2) is 5.71 Å². The average Bonchev–Trinajstić information content (AvgIpc) is 3.62. The largest absolute Gasteiger partial charge is 0.279 e. The molecular weight excluding hydrogens is 555 g/mol. The van der Waals surface area contributed by atoms with E-state index in [0.29, 0.717) is 6.54 Å². The zero-order chi connectivity index (χ0) is 30.5. The first-order valence-electron chi connectivity index (χ1n) is 16.0. The average molecular weight is 586 g/mol. The van der Waals surface area contributed by atoms with Crippen LogP contribution in [0.1, 0.15) is 33.4 Å². The molecule has 0 saturated carbocycles. The molecule has 7 aromatic rings. The summed E-state index contributed by atoms with van der Waals surface area (Å²) in [5.74, 6) is 0. The van der Waals surface area contributed by atoms with Crippen LogP contribution in [0.3, 0.4) is 0 Å². The standard InChI is InChI=1S/C45H31N/c1-2-13-34(14-3-1)44(46-30-31-22-24-33(25-23-31)36-27-26-32-12-4-5-15-35(32)28-36)40-29-45(43-21-11-8-18-39(40)43)41-19-9-6-16-37(41)38-17-7-10-20-42(38)45/h1-29H,30H2. The molecule has 7 aromatic carbocycles. The van der Waals surface area contributed by atoms with E-state index in [4.69, 9.17) is 4.99 Å². The smallest absolute Gasteiger partial charge is 0.0726 e. The van der Waals surface area contributed by atoms with Gasteiger partial charge in [-0.25, -0.2) is 0 Å². The van der Waals surface area contributed by atoms with E-state index in [1.807, 2.05) is 0 Å². The van der Waals surface area contributed by atoms with Crippen LogP contribution in [0.25, 0.3) is 38.6 Å². The highest BCUT2D eigenvalue weighted by molar-refractivity contribution is 6.33. The Kier molecular flexibility index (Phi) is 6.18. The molecule has 0 amide bonds. The van der Waals surface area contributed by atoms with Gasteiger partial charge in [0.2, 0.25) is 0 Å². The van der Waals surface area contributed by atoms with Gasteiger partial charge in [-0.05, 0) is 66.9 Å². The van der Waals surface area contributed by atoms with Crippen LogP contribution in [0.2, 0.25) is 0 Å². The number of nitrogens with zero attached hydrogens (tertiary/aromatic N) is 1. The third-order valence-electron chi connectivity index (χ3n) is 9.76. The van der Waals surface area contributed by atoms with Gasteiger partial charge in [-0.15, -0.1) is 0 Å². The van der Waals surface area contributed by atoms with Crippen LogP contribution in [0.5, 0.6) is 0 Å². The Morgan fingerprint density at radius 1 is 0.457 bits per heavy atom. The number of rotatable bonds is 5. The van der Waals surface area contributed by atoms with Gasteiger partial charge in [-0.1, -0.05) is 170 Å². The Morgan fingerprint density at radius 2 is 1.00 bits per heavy atom. The van der Waals surface area contributed by atoms with Crippen molar-refractivity contribution < 1.29 is 0 Å². The highest BCUT2D eigenvalue weighted by Gasteiger charge is 2.48. The minimum absolute atomic E-state index is 0.351. The molecule has 216 valence electrons. The second-order valence-electron chi connectivity index (χ2n) is 12.3. The summed E-state index contributed by atoms with van der Waals surface area (Å²) < 4.78 is 0. The van der Waals surface area contributed by atoms with Crippen LogP contribution in [-0.2, 0) is 12.0 Å². The van der Waals surface area contributed by atoms with Gasteiger partial charge < -0.3 is 0 Å². The number of hydrogen-bond donors (Lipinski definition) is 0. The van der Waals surface area contributed by atoms with Crippen LogP contribution in [0, 0.1) is 0 Å². The maximum absolute atomic E-state index is 5.40. The SMILES string of the molecule is C1=C(C(=NCc2ccc(-c3ccc4ccccc4c3)cc2)c2ccccc2)c2ccccc2C12c1ccccc1-c1ccccc12. The van der Waals surface area contributed by atoms with Crippen molar-refractivity contribution >= 4 is 22.1 Å². The third kappa shape index (κ3) is 4.13. The molecule has 46 heavy (non-hydrogen) atoms. The van der Waals surface area contributed by atoms with Crippen LogP contribution in [0.15, 0.2) is 181 Å². The molecule has 0 unspecified atom stereocenters. The van der Waals surface area contributed by atoms with E-state index in [-0.39, 0.29) is 5.41 Å². The first-order valence-corrected chi connectivity index (χ1v) is 16.0. The second kappa shape index (κ2) is 10.7. The molecule has 0 saturated heterocycles. The molecule has 2 aliphatic rings. The van der Waals surface area contributed by atoms with Gasteiger partial charge in [0, 0.05) is 11.1 Å². The summed E-state index contributed by atoms with van der Waals surface area (Å²) in [5.41, 5.74) is 14.5. The van der Waals surface area contributed by atoms with E-state index in [1.54, 1.807) is 0 Å². The normalized spacial score (nSPS) is 14.2. The van der Waals surface area contributed by atoms with E-state index in [1.165, 1.54) is 66.4 Å². The maximum Gasteiger partial charge on any atom is 0.0726 e. The first kappa shape index (κ1) is 26.6. The minimum atomic E-state index is -0.351. The lowest BCUT2D eigenvalue weighted by molar-refractivity contribution is 0.821.